The van der Waals surface area contributed by atoms with Gasteiger partial charge in [-0.25, -0.2) is 0 Å². The summed E-state index contributed by atoms with van der Waals surface area (Å²) >= 11 is 6.08. The Hall–Kier alpha value is -1.42. The number of hydrogen-bond acceptors (Lipinski definition) is 4. The highest BCUT2D eigenvalue weighted by molar-refractivity contribution is 6.33. The van der Waals surface area contributed by atoms with Crippen molar-refractivity contribution in [2.24, 2.45) is 10.9 Å². The molecule has 0 saturated heterocycles. The number of rotatable bonds is 5. The number of benzene rings is 1. The number of nitrogens with two attached hydrogens (primary N) is 1. The molecule has 0 aromatic heterocycles. The van der Waals surface area contributed by atoms with Gasteiger partial charge in [-0.3, -0.25) is 0 Å². The van der Waals surface area contributed by atoms with Crippen LogP contribution in [0.4, 0.5) is 0 Å². The maximum Gasteiger partial charge on any atom is 0.163 e. The molecule has 1 rings (SSSR count). The number of hydrogen-bond donors (Lipinski definition) is 1. The summed E-state index contributed by atoms with van der Waals surface area (Å²) in [5, 5.41) is 3.98. The van der Waals surface area contributed by atoms with Crippen LogP contribution in [0.5, 0.6) is 11.5 Å². The van der Waals surface area contributed by atoms with Crippen molar-refractivity contribution >= 4 is 17.8 Å². The molecule has 4 nitrogen and oxygen atoms in total. The maximum atomic E-state index is 6.08. The van der Waals surface area contributed by atoms with E-state index < -0.39 is 0 Å². The van der Waals surface area contributed by atoms with E-state index in [9.17, 15) is 0 Å². The van der Waals surface area contributed by atoms with Gasteiger partial charge in [0.2, 0.25) is 0 Å². The molecule has 0 aliphatic carbocycles. The topological polar surface area (TPSA) is 56.8 Å². The summed E-state index contributed by atoms with van der Waals surface area (Å²) in [6.45, 7) is 6.34. The zero-order chi connectivity index (χ0) is 12.8. The van der Waals surface area contributed by atoms with Crippen LogP contribution >= 0.6 is 11.6 Å². The summed E-state index contributed by atoms with van der Waals surface area (Å²) in [6.07, 6.45) is 1.53. The zero-order valence-corrected chi connectivity index (χ0v) is 11.0. The first kappa shape index (κ1) is 13.6. The first-order valence-electron chi connectivity index (χ1n) is 5.44. The van der Waals surface area contributed by atoms with E-state index in [-0.39, 0.29) is 6.10 Å². The molecule has 94 valence electrons. The Labute approximate surface area is 106 Å². The Balaban J connectivity index is 3.15. The molecule has 0 aliphatic heterocycles. The van der Waals surface area contributed by atoms with Crippen molar-refractivity contribution in [2.45, 2.75) is 26.9 Å². The van der Waals surface area contributed by atoms with Gasteiger partial charge in [0.05, 0.1) is 23.9 Å². The SMILES string of the molecule is CCOc1cc(C=NN)c(Cl)cc1OC(C)C. The standard InChI is InChI=1S/C12H17ClN2O2/c1-4-16-11-5-9(7-15-14)10(13)6-12(11)17-8(2)3/h5-8H,4,14H2,1-3H3. The molecule has 0 spiro atoms. The summed E-state index contributed by atoms with van der Waals surface area (Å²) in [6, 6.07) is 3.48. The molecule has 1 aromatic rings. The molecule has 0 atom stereocenters. The fraction of sp³-hybridized carbons (Fsp3) is 0.417. The minimum Gasteiger partial charge on any atom is -0.490 e. The normalized spacial score (nSPS) is 11.1. The Bertz CT molecular complexity index is 406. The summed E-state index contributed by atoms with van der Waals surface area (Å²) < 4.78 is 11.1. The Morgan fingerprint density at radius 1 is 1.41 bits per heavy atom. The molecule has 0 heterocycles. The predicted octanol–water partition coefficient (Wildman–Crippen LogP) is 2.82. The zero-order valence-electron chi connectivity index (χ0n) is 10.2. The van der Waals surface area contributed by atoms with E-state index in [2.05, 4.69) is 5.10 Å². The minimum absolute atomic E-state index is 0.0549. The van der Waals surface area contributed by atoms with Crippen LogP contribution in [0.1, 0.15) is 26.3 Å². The number of halogens is 1. The number of nitrogens with zero attached hydrogens (tertiary/aromatic N) is 1. The highest BCUT2D eigenvalue weighted by atomic mass is 35.5. The van der Waals surface area contributed by atoms with Crippen molar-refractivity contribution in [1.29, 1.82) is 0 Å². The summed E-state index contributed by atoms with van der Waals surface area (Å²) in [7, 11) is 0. The Morgan fingerprint density at radius 3 is 2.65 bits per heavy atom. The molecule has 17 heavy (non-hydrogen) atoms. The predicted molar refractivity (Wildman–Crippen MR) is 70.2 cm³/mol. The van der Waals surface area contributed by atoms with Crippen molar-refractivity contribution in [3.63, 3.8) is 0 Å². The van der Waals surface area contributed by atoms with Crippen molar-refractivity contribution < 1.29 is 9.47 Å². The van der Waals surface area contributed by atoms with E-state index in [1.54, 1.807) is 12.1 Å². The van der Waals surface area contributed by atoms with Gasteiger partial charge in [-0.05, 0) is 26.8 Å². The highest BCUT2D eigenvalue weighted by Crippen LogP contribution is 2.33. The quantitative estimate of drug-likeness (QED) is 0.501. The first-order chi connectivity index (χ1) is 8.08. The number of hydrazone groups is 1. The van der Waals surface area contributed by atoms with Gasteiger partial charge >= 0.3 is 0 Å². The van der Waals surface area contributed by atoms with E-state index in [1.165, 1.54) is 6.21 Å². The van der Waals surface area contributed by atoms with Crippen LogP contribution in [0.3, 0.4) is 0 Å². The van der Waals surface area contributed by atoms with Crippen LogP contribution in [0, 0.1) is 0 Å². The molecule has 0 fully saturated rings. The molecular formula is C12H17ClN2O2. The molecule has 5 heteroatoms. The van der Waals surface area contributed by atoms with Gasteiger partial charge in [-0.2, -0.15) is 5.10 Å². The van der Waals surface area contributed by atoms with Crippen molar-refractivity contribution in [3.8, 4) is 11.5 Å². The van der Waals surface area contributed by atoms with Crippen LogP contribution in [0.25, 0.3) is 0 Å². The second-order valence-electron chi connectivity index (χ2n) is 3.70. The third-order valence-corrected chi connectivity index (χ3v) is 2.27. The molecule has 0 unspecified atom stereocenters. The average molecular weight is 257 g/mol. The van der Waals surface area contributed by atoms with E-state index in [1.807, 2.05) is 20.8 Å². The molecule has 0 bridgehead atoms. The van der Waals surface area contributed by atoms with Gasteiger partial charge < -0.3 is 15.3 Å². The van der Waals surface area contributed by atoms with Crippen molar-refractivity contribution in [3.05, 3.63) is 22.7 Å². The largest absolute Gasteiger partial charge is 0.490 e. The van der Waals surface area contributed by atoms with Crippen molar-refractivity contribution in [2.75, 3.05) is 6.61 Å². The molecule has 0 radical (unpaired) electrons. The monoisotopic (exact) mass is 256 g/mol. The fourth-order valence-electron chi connectivity index (χ4n) is 1.34. The van der Waals surface area contributed by atoms with Crippen molar-refractivity contribution in [1.82, 2.24) is 0 Å². The summed E-state index contributed by atoms with van der Waals surface area (Å²) in [4.78, 5) is 0. The van der Waals surface area contributed by atoms with Crippen LogP contribution in [-0.2, 0) is 0 Å². The lowest BCUT2D eigenvalue weighted by Crippen LogP contribution is -2.08. The third-order valence-electron chi connectivity index (χ3n) is 1.94. The smallest absolute Gasteiger partial charge is 0.163 e. The van der Waals surface area contributed by atoms with Crippen LogP contribution in [0.2, 0.25) is 5.02 Å². The van der Waals surface area contributed by atoms with Gasteiger partial charge in [-0.1, -0.05) is 11.6 Å². The molecule has 0 aliphatic rings. The lowest BCUT2D eigenvalue weighted by molar-refractivity contribution is 0.224. The summed E-state index contributed by atoms with van der Waals surface area (Å²) in [5.74, 6) is 6.38. The van der Waals surface area contributed by atoms with Crippen LogP contribution < -0.4 is 15.3 Å². The van der Waals surface area contributed by atoms with E-state index in [4.69, 9.17) is 26.9 Å². The van der Waals surface area contributed by atoms with Gasteiger partial charge in [0.15, 0.2) is 11.5 Å². The molecule has 2 N–H and O–H groups in total. The second-order valence-corrected chi connectivity index (χ2v) is 4.11. The molecule has 0 saturated carbocycles. The van der Waals surface area contributed by atoms with E-state index >= 15 is 0 Å². The fourth-order valence-corrected chi connectivity index (χ4v) is 1.55. The van der Waals surface area contributed by atoms with Crippen LogP contribution in [0.15, 0.2) is 17.2 Å². The second kappa shape index (κ2) is 6.35. The molecular weight excluding hydrogens is 240 g/mol. The molecule has 0 amide bonds. The maximum absolute atomic E-state index is 6.08. The van der Waals surface area contributed by atoms with Gasteiger partial charge in [-0.15, -0.1) is 0 Å². The molecule has 1 aromatic carbocycles. The van der Waals surface area contributed by atoms with E-state index in [0.29, 0.717) is 28.7 Å². The third kappa shape index (κ3) is 3.82. The first-order valence-corrected chi connectivity index (χ1v) is 5.82. The minimum atomic E-state index is 0.0549. The van der Waals surface area contributed by atoms with Gasteiger partial charge in [0, 0.05) is 11.6 Å². The Kier molecular flexibility index (Phi) is 5.10. The summed E-state index contributed by atoms with van der Waals surface area (Å²) in [5.41, 5.74) is 0.703. The highest BCUT2D eigenvalue weighted by Gasteiger charge is 2.11. The lowest BCUT2D eigenvalue weighted by atomic mass is 10.2. The van der Waals surface area contributed by atoms with Gasteiger partial charge in [0.1, 0.15) is 0 Å². The Morgan fingerprint density at radius 2 is 2.12 bits per heavy atom. The lowest BCUT2D eigenvalue weighted by Gasteiger charge is -2.15. The van der Waals surface area contributed by atoms with Gasteiger partial charge in [0.25, 0.3) is 0 Å². The van der Waals surface area contributed by atoms with Crippen LogP contribution in [-0.4, -0.2) is 18.9 Å². The number of ether oxygens (including phenoxy) is 2. The average Bonchev–Trinajstić information content (AvgIpc) is 2.24. The van der Waals surface area contributed by atoms with E-state index in [0.717, 1.165) is 0 Å².